The van der Waals surface area contributed by atoms with Crippen LogP contribution in [0.4, 0.5) is 0 Å². The molecule has 20 heavy (non-hydrogen) atoms. The van der Waals surface area contributed by atoms with Crippen LogP contribution in [0.3, 0.4) is 0 Å². The second kappa shape index (κ2) is 6.98. The van der Waals surface area contributed by atoms with Gasteiger partial charge in [0.1, 0.15) is 5.75 Å². The normalized spacial score (nSPS) is 11.7. The summed E-state index contributed by atoms with van der Waals surface area (Å²) in [4.78, 5) is 12.9. The van der Waals surface area contributed by atoms with Gasteiger partial charge in [-0.05, 0) is 30.5 Å². The average molecular weight is 289 g/mol. The topological polar surface area (TPSA) is 58.6 Å². The summed E-state index contributed by atoms with van der Waals surface area (Å²) < 4.78 is 5.67. The minimum absolute atomic E-state index is 0.570. The van der Waals surface area contributed by atoms with Gasteiger partial charge in [0.2, 0.25) is 6.10 Å². The predicted octanol–water partition coefficient (Wildman–Crippen LogP) is 3.03. The van der Waals surface area contributed by atoms with Crippen molar-refractivity contribution in [1.82, 2.24) is 5.48 Å². The molecular formula is C15H15NO3S. The largest absolute Gasteiger partial charge is 0.476 e. The molecule has 0 fully saturated rings. The Labute approximate surface area is 121 Å². The van der Waals surface area contributed by atoms with Crippen LogP contribution in [0, 0.1) is 0 Å². The van der Waals surface area contributed by atoms with E-state index >= 15 is 0 Å². The average Bonchev–Trinajstić information content (AvgIpc) is 2.53. The lowest BCUT2D eigenvalue weighted by Crippen LogP contribution is -2.29. The number of amides is 1. The zero-order valence-corrected chi connectivity index (χ0v) is 11.8. The highest BCUT2D eigenvalue weighted by molar-refractivity contribution is 7.98. The fraction of sp³-hybridized carbons (Fsp3) is 0.133. The molecule has 0 saturated heterocycles. The fourth-order valence-corrected chi connectivity index (χ4v) is 2.16. The van der Waals surface area contributed by atoms with Crippen LogP contribution in [-0.4, -0.2) is 17.4 Å². The van der Waals surface area contributed by atoms with Gasteiger partial charge in [-0.2, -0.15) is 0 Å². The maximum Gasteiger partial charge on any atom is 0.289 e. The summed E-state index contributed by atoms with van der Waals surface area (Å²) in [5.74, 6) is -0.0367. The zero-order chi connectivity index (χ0) is 14.4. The summed E-state index contributed by atoms with van der Waals surface area (Å²) >= 11 is 1.63. The van der Waals surface area contributed by atoms with E-state index in [1.165, 1.54) is 0 Å². The highest BCUT2D eigenvalue weighted by atomic mass is 32.2. The van der Waals surface area contributed by atoms with Gasteiger partial charge < -0.3 is 4.74 Å². The molecule has 0 aliphatic heterocycles. The predicted molar refractivity (Wildman–Crippen MR) is 78.0 cm³/mol. The number of benzene rings is 2. The smallest absolute Gasteiger partial charge is 0.289 e. The molecule has 1 atom stereocenters. The molecule has 0 spiro atoms. The van der Waals surface area contributed by atoms with Crippen molar-refractivity contribution >= 4 is 17.7 Å². The van der Waals surface area contributed by atoms with Crippen LogP contribution in [0.1, 0.15) is 11.7 Å². The van der Waals surface area contributed by atoms with E-state index in [2.05, 4.69) is 0 Å². The summed E-state index contributed by atoms with van der Waals surface area (Å²) in [6.45, 7) is 0. The molecule has 0 aromatic heterocycles. The quantitative estimate of drug-likeness (QED) is 0.504. The Morgan fingerprint density at radius 2 is 1.80 bits per heavy atom. The molecule has 0 bridgehead atoms. The molecule has 5 heteroatoms. The molecule has 0 aliphatic rings. The number of carbonyl (C=O) groups is 1. The Bertz CT molecular complexity index is 557. The molecule has 0 saturated carbocycles. The molecule has 0 aliphatic carbocycles. The van der Waals surface area contributed by atoms with Crippen molar-refractivity contribution in [3.8, 4) is 5.75 Å². The lowest BCUT2D eigenvalue weighted by Gasteiger charge is -2.17. The molecule has 104 valence electrons. The third kappa shape index (κ3) is 3.53. The van der Waals surface area contributed by atoms with E-state index in [4.69, 9.17) is 9.94 Å². The van der Waals surface area contributed by atoms with Crippen molar-refractivity contribution < 1.29 is 14.7 Å². The van der Waals surface area contributed by atoms with E-state index in [0.29, 0.717) is 11.3 Å². The van der Waals surface area contributed by atoms with Crippen molar-refractivity contribution in [3.05, 3.63) is 60.2 Å². The zero-order valence-electron chi connectivity index (χ0n) is 10.9. The van der Waals surface area contributed by atoms with Crippen LogP contribution in [0.15, 0.2) is 59.5 Å². The van der Waals surface area contributed by atoms with E-state index in [1.807, 2.05) is 36.6 Å². The van der Waals surface area contributed by atoms with Gasteiger partial charge >= 0.3 is 0 Å². The Morgan fingerprint density at radius 1 is 1.15 bits per heavy atom. The van der Waals surface area contributed by atoms with Crippen LogP contribution >= 0.6 is 11.8 Å². The van der Waals surface area contributed by atoms with Crippen molar-refractivity contribution in [1.29, 1.82) is 0 Å². The molecule has 2 N–H and O–H groups in total. The van der Waals surface area contributed by atoms with Gasteiger partial charge in [-0.15, -0.1) is 11.8 Å². The first-order valence-electron chi connectivity index (χ1n) is 6.04. The standard InChI is InChI=1S/C15H15NO3S/c1-20-13-9-7-12(8-10-13)19-14(15(17)16-18)11-5-3-2-4-6-11/h2-10,14,18H,1H3,(H,16,17). The van der Waals surface area contributed by atoms with Gasteiger partial charge in [0, 0.05) is 10.5 Å². The van der Waals surface area contributed by atoms with Gasteiger partial charge in [0.05, 0.1) is 0 Å². The van der Waals surface area contributed by atoms with Gasteiger partial charge in [-0.3, -0.25) is 10.0 Å². The molecular weight excluding hydrogens is 274 g/mol. The molecule has 2 rings (SSSR count). The summed E-state index contributed by atoms with van der Waals surface area (Å²) in [5.41, 5.74) is 2.31. The SMILES string of the molecule is CSc1ccc(OC(C(=O)NO)c2ccccc2)cc1. The highest BCUT2D eigenvalue weighted by Crippen LogP contribution is 2.24. The van der Waals surface area contributed by atoms with Crippen LogP contribution < -0.4 is 10.2 Å². The summed E-state index contributed by atoms with van der Waals surface area (Å²) in [7, 11) is 0. The molecule has 0 heterocycles. The van der Waals surface area contributed by atoms with Crippen LogP contribution in [-0.2, 0) is 4.79 Å². The van der Waals surface area contributed by atoms with Crippen molar-refractivity contribution in [3.63, 3.8) is 0 Å². The first kappa shape index (κ1) is 14.4. The minimum atomic E-state index is -0.888. The molecule has 4 nitrogen and oxygen atoms in total. The molecule has 1 amide bonds. The Kier molecular flexibility index (Phi) is 5.03. The Balaban J connectivity index is 2.21. The first-order valence-corrected chi connectivity index (χ1v) is 7.26. The van der Waals surface area contributed by atoms with Gasteiger partial charge in [0.25, 0.3) is 5.91 Å². The maximum absolute atomic E-state index is 11.7. The van der Waals surface area contributed by atoms with Crippen LogP contribution in [0.5, 0.6) is 5.75 Å². The second-order valence-electron chi connectivity index (χ2n) is 4.06. The number of hydroxylamine groups is 1. The van der Waals surface area contributed by atoms with Gasteiger partial charge in [-0.1, -0.05) is 30.3 Å². The second-order valence-corrected chi connectivity index (χ2v) is 4.94. The number of hydrogen-bond donors (Lipinski definition) is 2. The van der Waals surface area contributed by atoms with E-state index < -0.39 is 12.0 Å². The van der Waals surface area contributed by atoms with Gasteiger partial charge in [-0.25, -0.2) is 5.48 Å². The van der Waals surface area contributed by atoms with Crippen molar-refractivity contribution in [2.24, 2.45) is 0 Å². The van der Waals surface area contributed by atoms with Crippen LogP contribution in [0.2, 0.25) is 0 Å². The minimum Gasteiger partial charge on any atom is -0.476 e. The summed E-state index contributed by atoms with van der Waals surface area (Å²) in [6.07, 6.45) is 1.10. The van der Waals surface area contributed by atoms with E-state index in [0.717, 1.165) is 4.90 Å². The number of nitrogens with one attached hydrogen (secondary N) is 1. The molecule has 2 aromatic carbocycles. The number of carbonyl (C=O) groups excluding carboxylic acids is 1. The molecule has 1 unspecified atom stereocenters. The van der Waals surface area contributed by atoms with Crippen molar-refractivity contribution in [2.45, 2.75) is 11.0 Å². The van der Waals surface area contributed by atoms with Crippen LogP contribution in [0.25, 0.3) is 0 Å². The van der Waals surface area contributed by atoms with Gasteiger partial charge in [0.15, 0.2) is 0 Å². The Morgan fingerprint density at radius 3 is 2.35 bits per heavy atom. The monoisotopic (exact) mass is 289 g/mol. The van der Waals surface area contributed by atoms with E-state index in [1.54, 1.807) is 41.5 Å². The third-order valence-corrected chi connectivity index (χ3v) is 3.51. The maximum atomic E-state index is 11.7. The molecule has 2 aromatic rings. The third-order valence-electron chi connectivity index (χ3n) is 2.76. The molecule has 0 radical (unpaired) electrons. The van der Waals surface area contributed by atoms with Crippen molar-refractivity contribution in [2.75, 3.05) is 6.26 Å². The number of thioether (sulfide) groups is 1. The van der Waals surface area contributed by atoms with E-state index in [-0.39, 0.29) is 0 Å². The lowest BCUT2D eigenvalue weighted by molar-refractivity contribution is -0.136. The summed E-state index contributed by atoms with van der Waals surface area (Å²) in [5, 5.41) is 8.84. The summed E-state index contributed by atoms with van der Waals surface area (Å²) in [6, 6.07) is 16.5. The lowest BCUT2D eigenvalue weighted by atomic mass is 10.1. The van der Waals surface area contributed by atoms with E-state index in [9.17, 15) is 4.79 Å². The Hall–Kier alpha value is -1.98. The number of ether oxygens (including phenoxy) is 1. The highest BCUT2D eigenvalue weighted by Gasteiger charge is 2.22. The number of hydrogen-bond acceptors (Lipinski definition) is 4. The number of rotatable bonds is 5. The first-order chi connectivity index (χ1) is 9.74. The fourth-order valence-electron chi connectivity index (χ4n) is 1.75.